The third-order valence-corrected chi connectivity index (χ3v) is 0.799. The second-order valence-corrected chi connectivity index (χ2v) is 1.56. The van der Waals surface area contributed by atoms with Crippen LogP contribution in [0.15, 0.2) is 0 Å². The van der Waals surface area contributed by atoms with Gasteiger partial charge < -0.3 is 9.47 Å². The maximum Gasteiger partial charge on any atom is 0.440 e. The van der Waals surface area contributed by atoms with E-state index in [1.54, 1.807) is 0 Å². The summed E-state index contributed by atoms with van der Waals surface area (Å²) in [5.41, 5.74) is 0. The number of hydrogen-bond donors (Lipinski definition) is 0. The van der Waals surface area contributed by atoms with Crippen molar-refractivity contribution in [1.29, 1.82) is 0 Å². The van der Waals surface area contributed by atoms with E-state index in [4.69, 9.17) is 0 Å². The quantitative estimate of drug-likeness (QED) is 0.580. The lowest BCUT2D eigenvalue weighted by atomic mass is 10.6. The summed E-state index contributed by atoms with van der Waals surface area (Å²) in [6, 6.07) is 0. The maximum atomic E-state index is 11.7. The molecular formula is C5H9F3O2. The van der Waals surface area contributed by atoms with Crippen LogP contribution in [0, 0.1) is 0 Å². The van der Waals surface area contributed by atoms with Crippen LogP contribution in [0.25, 0.3) is 0 Å². The summed E-state index contributed by atoms with van der Waals surface area (Å²) >= 11 is 0. The Hall–Kier alpha value is -0.290. The third kappa shape index (κ3) is 3.03. The lowest BCUT2D eigenvalue weighted by Crippen LogP contribution is -2.33. The van der Waals surface area contributed by atoms with Crippen LogP contribution in [0.1, 0.15) is 6.92 Å². The molecule has 5 heteroatoms. The average molecular weight is 158 g/mol. The van der Waals surface area contributed by atoms with Gasteiger partial charge in [-0.1, -0.05) is 0 Å². The monoisotopic (exact) mass is 158 g/mol. The van der Waals surface area contributed by atoms with E-state index in [9.17, 15) is 13.2 Å². The molecule has 0 saturated carbocycles. The summed E-state index contributed by atoms with van der Waals surface area (Å²) < 4.78 is 43.2. The van der Waals surface area contributed by atoms with E-state index in [1.807, 2.05) is 0 Å². The van der Waals surface area contributed by atoms with Crippen LogP contribution < -0.4 is 0 Å². The predicted octanol–water partition coefficient (Wildman–Crippen LogP) is 1.56. The van der Waals surface area contributed by atoms with E-state index >= 15 is 0 Å². The standard InChI is InChI=1S/C5H9F3O2/c1-3-10-4(9-2)5(6,7)8/h4H,3H2,1-2H3. The predicted molar refractivity (Wildman–Crippen MR) is 28.5 cm³/mol. The van der Waals surface area contributed by atoms with E-state index in [2.05, 4.69) is 9.47 Å². The summed E-state index contributed by atoms with van der Waals surface area (Å²) in [6.45, 7) is 1.45. The molecule has 0 rings (SSSR count). The molecule has 0 amide bonds. The molecule has 0 N–H and O–H groups in total. The molecule has 0 aliphatic rings. The van der Waals surface area contributed by atoms with Crippen molar-refractivity contribution in [2.24, 2.45) is 0 Å². The van der Waals surface area contributed by atoms with Gasteiger partial charge in [0.1, 0.15) is 0 Å². The van der Waals surface area contributed by atoms with Gasteiger partial charge >= 0.3 is 6.18 Å². The molecule has 0 aliphatic heterocycles. The summed E-state index contributed by atoms with van der Waals surface area (Å²) in [6.07, 6.45) is -6.51. The Balaban J connectivity index is 3.81. The van der Waals surface area contributed by atoms with E-state index in [0.717, 1.165) is 7.11 Å². The molecule has 0 aromatic carbocycles. The van der Waals surface area contributed by atoms with Crippen molar-refractivity contribution in [2.75, 3.05) is 13.7 Å². The molecule has 0 heterocycles. The summed E-state index contributed by atoms with van der Waals surface area (Å²) in [5.74, 6) is 0. The molecule has 0 radical (unpaired) electrons. The van der Waals surface area contributed by atoms with Crippen molar-refractivity contribution < 1.29 is 22.6 Å². The Morgan fingerprint density at radius 2 is 1.90 bits per heavy atom. The highest BCUT2D eigenvalue weighted by molar-refractivity contribution is 4.54. The molecule has 0 aliphatic carbocycles. The molecule has 10 heavy (non-hydrogen) atoms. The van der Waals surface area contributed by atoms with Gasteiger partial charge in [-0.3, -0.25) is 0 Å². The minimum Gasteiger partial charge on any atom is -0.348 e. The largest absolute Gasteiger partial charge is 0.440 e. The first kappa shape index (κ1) is 9.71. The molecule has 0 aromatic heterocycles. The van der Waals surface area contributed by atoms with Gasteiger partial charge in [0.2, 0.25) is 0 Å². The summed E-state index contributed by atoms with van der Waals surface area (Å²) in [5, 5.41) is 0. The fourth-order valence-electron chi connectivity index (χ4n) is 0.448. The van der Waals surface area contributed by atoms with Crippen LogP contribution in [0.3, 0.4) is 0 Å². The maximum absolute atomic E-state index is 11.7. The van der Waals surface area contributed by atoms with Gasteiger partial charge in [-0.2, -0.15) is 13.2 Å². The van der Waals surface area contributed by atoms with E-state index in [-0.39, 0.29) is 6.61 Å². The number of halogens is 3. The SMILES string of the molecule is CCOC(OC)C(F)(F)F. The van der Waals surface area contributed by atoms with Crippen LogP contribution in [-0.4, -0.2) is 26.2 Å². The first-order valence-electron chi connectivity index (χ1n) is 2.73. The first-order valence-corrected chi connectivity index (χ1v) is 2.73. The van der Waals surface area contributed by atoms with Gasteiger partial charge in [-0.05, 0) is 6.92 Å². The Labute approximate surface area is 56.9 Å². The summed E-state index contributed by atoms with van der Waals surface area (Å²) in [7, 11) is 0.952. The van der Waals surface area contributed by atoms with Crippen LogP contribution in [0.2, 0.25) is 0 Å². The van der Waals surface area contributed by atoms with Crippen molar-refractivity contribution in [2.45, 2.75) is 19.4 Å². The van der Waals surface area contributed by atoms with Crippen LogP contribution >= 0.6 is 0 Å². The lowest BCUT2D eigenvalue weighted by Gasteiger charge is -2.17. The van der Waals surface area contributed by atoms with Crippen molar-refractivity contribution in [1.82, 2.24) is 0 Å². The summed E-state index contributed by atoms with van der Waals surface area (Å²) in [4.78, 5) is 0. The Kier molecular flexibility index (Phi) is 3.67. The Morgan fingerprint density at radius 1 is 1.40 bits per heavy atom. The molecule has 0 fully saturated rings. The zero-order valence-corrected chi connectivity index (χ0v) is 5.73. The molecule has 2 nitrogen and oxygen atoms in total. The minimum absolute atomic E-state index is 0.0159. The molecule has 1 unspecified atom stereocenters. The number of rotatable bonds is 3. The zero-order chi connectivity index (χ0) is 8.20. The van der Waals surface area contributed by atoms with Crippen molar-refractivity contribution >= 4 is 0 Å². The molecule has 62 valence electrons. The molecular weight excluding hydrogens is 149 g/mol. The van der Waals surface area contributed by atoms with E-state index in [1.165, 1.54) is 6.92 Å². The van der Waals surface area contributed by atoms with Crippen molar-refractivity contribution in [3.8, 4) is 0 Å². The Morgan fingerprint density at radius 3 is 2.00 bits per heavy atom. The fraction of sp³-hybridized carbons (Fsp3) is 1.00. The van der Waals surface area contributed by atoms with Gasteiger partial charge in [0, 0.05) is 13.7 Å². The highest BCUT2D eigenvalue weighted by Crippen LogP contribution is 2.22. The van der Waals surface area contributed by atoms with Crippen LogP contribution in [0.4, 0.5) is 13.2 Å². The van der Waals surface area contributed by atoms with E-state index in [0.29, 0.717) is 0 Å². The third-order valence-electron chi connectivity index (χ3n) is 0.799. The second-order valence-electron chi connectivity index (χ2n) is 1.56. The number of alkyl halides is 3. The molecule has 0 aromatic rings. The van der Waals surface area contributed by atoms with Gasteiger partial charge in [-0.25, -0.2) is 0 Å². The molecule has 0 spiro atoms. The zero-order valence-electron chi connectivity index (χ0n) is 5.73. The van der Waals surface area contributed by atoms with Crippen LogP contribution in [-0.2, 0) is 9.47 Å². The van der Waals surface area contributed by atoms with E-state index < -0.39 is 12.5 Å². The lowest BCUT2D eigenvalue weighted by molar-refractivity contribution is -0.301. The van der Waals surface area contributed by atoms with Gasteiger partial charge in [-0.15, -0.1) is 0 Å². The number of methoxy groups -OCH3 is 1. The van der Waals surface area contributed by atoms with Gasteiger partial charge in [0.05, 0.1) is 0 Å². The van der Waals surface area contributed by atoms with Crippen molar-refractivity contribution in [3.63, 3.8) is 0 Å². The molecule has 0 bridgehead atoms. The normalized spacial score (nSPS) is 15.3. The van der Waals surface area contributed by atoms with Gasteiger partial charge in [0.25, 0.3) is 6.29 Å². The smallest absolute Gasteiger partial charge is 0.348 e. The first-order chi connectivity index (χ1) is 4.52. The minimum atomic E-state index is -4.43. The van der Waals surface area contributed by atoms with Gasteiger partial charge in [0.15, 0.2) is 0 Å². The Bertz CT molecular complexity index is 91.4. The van der Waals surface area contributed by atoms with Crippen molar-refractivity contribution in [3.05, 3.63) is 0 Å². The van der Waals surface area contributed by atoms with Crippen LogP contribution in [0.5, 0.6) is 0 Å². The second kappa shape index (κ2) is 3.78. The number of ether oxygens (including phenoxy) is 2. The average Bonchev–Trinajstić information content (AvgIpc) is 1.80. The fourth-order valence-corrected chi connectivity index (χ4v) is 0.448. The highest BCUT2D eigenvalue weighted by Gasteiger charge is 2.40. The molecule has 1 atom stereocenters. The topological polar surface area (TPSA) is 18.5 Å². The highest BCUT2D eigenvalue weighted by atomic mass is 19.4. The molecule has 0 saturated heterocycles. The number of hydrogen-bond acceptors (Lipinski definition) is 2.